The number of benzene rings is 1. The molecule has 0 saturated carbocycles. The number of ether oxygens (including phenoxy) is 2. The summed E-state index contributed by atoms with van der Waals surface area (Å²) in [6.45, 7) is 2.03. The third kappa shape index (κ3) is 6.62. The number of hydrogen-bond acceptors (Lipinski definition) is 4. The largest absolute Gasteiger partial charge is 0.439 e. The smallest absolute Gasteiger partial charge is 0.224 e. The highest BCUT2D eigenvalue weighted by Gasteiger charge is 2.15. The SMILES string of the molecule is CN=C(NCc1cccnc1Oc1cccc(F)c1)NCC1CCCO1.I. The van der Waals surface area contributed by atoms with Gasteiger partial charge in [-0.15, -0.1) is 24.0 Å². The molecule has 1 aliphatic heterocycles. The van der Waals surface area contributed by atoms with E-state index in [0.29, 0.717) is 24.1 Å². The molecule has 1 aromatic carbocycles. The zero-order valence-corrected chi connectivity index (χ0v) is 17.5. The van der Waals surface area contributed by atoms with Crippen LogP contribution in [0.3, 0.4) is 0 Å². The number of pyridine rings is 1. The fourth-order valence-electron chi connectivity index (χ4n) is 2.71. The van der Waals surface area contributed by atoms with Gasteiger partial charge in [-0.3, -0.25) is 4.99 Å². The monoisotopic (exact) mass is 486 g/mol. The molecule has 27 heavy (non-hydrogen) atoms. The average molecular weight is 486 g/mol. The number of nitrogens with one attached hydrogen (secondary N) is 2. The molecule has 3 rings (SSSR count). The topological polar surface area (TPSA) is 67.8 Å². The molecule has 1 aliphatic rings. The van der Waals surface area contributed by atoms with Crippen molar-refractivity contribution in [3.63, 3.8) is 0 Å². The Morgan fingerprint density at radius 2 is 2.22 bits per heavy atom. The number of rotatable bonds is 6. The molecule has 1 atom stereocenters. The van der Waals surface area contributed by atoms with Crippen LogP contribution in [0.4, 0.5) is 4.39 Å². The van der Waals surface area contributed by atoms with Crippen molar-refractivity contribution >= 4 is 29.9 Å². The van der Waals surface area contributed by atoms with E-state index in [0.717, 1.165) is 31.6 Å². The van der Waals surface area contributed by atoms with Crippen molar-refractivity contribution in [2.45, 2.75) is 25.5 Å². The van der Waals surface area contributed by atoms with Gasteiger partial charge in [0.05, 0.1) is 6.10 Å². The third-order valence-corrected chi connectivity index (χ3v) is 4.05. The van der Waals surface area contributed by atoms with Crippen LogP contribution >= 0.6 is 24.0 Å². The van der Waals surface area contributed by atoms with E-state index in [2.05, 4.69) is 20.6 Å². The Bertz CT molecular complexity index is 754. The van der Waals surface area contributed by atoms with Crippen LogP contribution in [0.15, 0.2) is 47.6 Å². The molecule has 1 unspecified atom stereocenters. The minimum absolute atomic E-state index is 0. The lowest BCUT2D eigenvalue weighted by molar-refractivity contribution is 0.114. The number of aromatic nitrogens is 1. The first-order chi connectivity index (χ1) is 12.7. The molecule has 0 bridgehead atoms. The fraction of sp³-hybridized carbons (Fsp3) is 0.368. The van der Waals surface area contributed by atoms with E-state index in [1.807, 2.05) is 12.1 Å². The Morgan fingerprint density at radius 3 is 2.96 bits per heavy atom. The average Bonchev–Trinajstić information content (AvgIpc) is 3.17. The molecule has 2 aromatic rings. The summed E-state index contributed by atoms with van der Waals surface area (Å²) in [5.41, 5.74) is 0.844. The maximum absolute atomic E-state index is 13.3. The van der Waals surface area contributed by atoms with Gasteiger partial charge in [-0.25, -0.2) is 9.37 Å². The number of aliphatic imine (C=N–C) groups is 1. The summed E-state index contributed by atoms with van der Waals surface area (Å²) < 4.78 is 24.7. The molecule has 6 nitrogen and oxygen atoms in total. The second-order valence-corrected chi connectivity index (χ2v) is 5.97. The van der Waals surface area contributed by atoms with Crippen LogP contribution in [0.25, 0.3) is 0 Å². The summed E-state index contributed by atoms with van der Waals surface area (Å²) in [5, 5.41) is 6.50. The molecule has 0 amide bonds. The molecule has 1 aromatic heterocycles. The van der Waals surface area contributed by atoms with Gasteiger partial charge in [0.15, 0.2) is 5.96 Å². The highest BCUT2D eigenvalue weighted by molar-refractivity contribution is 14.0. The standard InChI is InChI=1S/C19H23FN4O2.HI/c1-21-19(24-13-17-8-4-10-25-17)23-12-14-5-3-9-22-18(14)26-16-7-2-6-15(20)11-16;/h2-3,5-7,9,11,17H,4,8,10,12-13H2,1H3,(H2,21,23,24);1H. The summed E-state index contributed by atoms with van der Waals surface area (Å²) in [4.78, 5) is 8.47. The van der Waals surface area contributed by atoms with Crippen molar-refractivity contribution in [1.82, 2.24) is 15.6 Å². The number of halogens is 2. The predicted molar refractivity (Wildman–Crippen MR) is 113 cm³/mol. The van der Waals surface area contributed by atoms with E-state index < -0.39 is 0 Å². The van der Waals surface area contributed by atoms with Crippen molar-refractivity contribution in [3.05, 3.63) is 54.0 Å². The zero-order chi connectivity index (χ0) is 18.2. The van der Waals surface area contributed by atoms with Gasteiger partial charge in [-0.05, 0) is 31.0 Å². The Labute approximate surface area is 175 Å². The molecule has 2 heterocycles. The summed E-state index contributed by atoms with van der Waals surface area (Å²) in [7, 11) is 1.72. The van der Waals surface area contributed by atoms with Crippen LogP contribution in [-0.4, -0.2) is 37.2 Å². The maximum Gasteiger partial charge on any atom is 0.224 e. The van der Waals surface area contributed by atoms with Gasteiger partial charge in [0, 0.05) is 44.6 Å². The fourth-order valence-corrected chi connectivity index (χ4v) is 2.71. The molecular weight excluding hydrogens is 462 g/mol. The molecule has 0 aliphatic carbocycles. The summed E-state index contributed by atoms with van der Waals surface area (Å²) in [6, 6.07) is 9.73. The molecule has 2 N–H and O–H groups in total. The van der Waals surface area contributed by atoms with E-state index in [-0.39, 0.29) is 35.9 Å². The van der Waals surface area contributed by atoms with Gasteiger partial charge in [-0.2, -0.15) is 0 Å². The Hall–Kier alpha value is -1.94. The Kier molecular flexibility index (Phi) is 8.73. The minimum Gasteiger partial charge on any atom is -0.439 e. The maximum atomic E-state index is 13.3. The lowest BCUT2D eigenvalue weighted by Gasteiger charge is -2.16. The van der Waals surface area contributed by atoms with Crippen molar-refractivity contribution in [2.24, 2.45) is 4.99 Å². The molecule has 1 saturated heterocycles. The first kappa shape index (κ1) is 21.4. The minimum atomic E-state index is -0.350. The third-order valence-electron chi connectivity index (χ3n) is 4.05. The van der Waals surface area contributed by atoms with Crippen molar-refractivity contribution < 1.29 is 13.9 Å². The van der Waals surface area contributed by atoms with Gasteiger partial charge < -0.3 is 20.1 Å². The van der Waals surface area contributed by atoms with Gasteiger partial charge in [0.25, 0.3) is 0 Å². The van der Waals surface area contributed by atoms with Gasteiger partial charge >= 0.3 is 0 Å². The summed E-state index contributed by atoms with van der Waals surface area (Å²) in [5.74, 6) is 1.17. The van der Waals surface area contributed by atoms with Gasteiger partial charge in [-0.1, -0.05) is 12.1 Å². The number of guanidine groups is 1. The number of nitrogens with zero attached hydrogens (tertiary/aromatic N) is 2. The van der Waals surface area contributed by atoms with Crippen LogP contribution in [0.5, 0.6) is 11.6 Å². The summed E-state index contributed by atoms with van der Waals surface area (Å²) in [6.07, 6.45) is 4.05. The van der Waals surface area contributed by atoms with E-state index in [1.165, 1.54) is 12.1 Å². The Balaban J connectivity index is 0.00000261. The molecule has 0 radical (unpaired) electrons. The van der Waals surface area contributed by atoms with E-state index in [9.17, 15) is 4.39 Å². The van der Waals surface area contributed by atoms with Crippen LogP contribution in [0.1, 0.15) is 18.4 Å². The van der Waals surface area contributed by atoms with E-state index in [1.54, 1.807) is 25.4 Å². The molecular formula is C19H24FIN4O2. The lowest BCUT2D eigenvalue weighted by Crippen LogP contribution is -2.40. The zero-order valence-electron chi connectivity index (χ0n) is 15.2. The van der Waals surface area contributed by atoms with Gasteiger partial charge in [0.1, 0.15) is 11.6 Å². The van der Waals surface area contributed by atoms with Crippen LogP contribution < -0.4 is 15.4 Å². The van der Waals surface area contributed by atoms with Crippen molar-refractivity contribution in [3.8, 4) is 11.6 Å². The highest BCUT2D eigenvalue weighted by atomic mass is 127. The molecule has 146 valence electrons. The van der Waals surface area contributed by atoms with Crippen molar-refractivity contribution in [1.29, 1.82) is 0 Å². The second-order valence-electron chi connectivity index (χ2n) is 5.97. The quantitative estimate of drug-likeness (QED) is 0.372. The van der Waals surface area contributed by atoms with Gasteiger partial charge in [0.2, 0.25) is 5.88 Å². The normalized spacial score (nSPS) is 16.5. The van der Waals surface area contributed by atoms with E-state index in [4.69, 9.17) is 9.47 Å². The lowest BCUT2D eigenvalue weighted by atomic mass is 10.2. The van der Waals surface area contributed by atoms with Crippen LogP contribution in [-0.2, 0) is 11.3 Å². The second kappa shape index (κ2) is 11.0. The van der Waals surface area contributed by atoms with Crippen molar-refractivity contribution in [2.75, 3.05) is 20.2 Å². The van der Waals surface area contributed by atoms with E-state index >= 15 is 0 Å². The predicted octanol–water partition coefficient (Wildman–Crippen LogP) is 3.48. The first-order valence-electron chi connectivity index (χ1n) is 8.68. The molecule has 8 heteroatoms. The van der Waals surface area contributed by atoms with Crippen LogP contribution in [0, 0.1) is 5.82 Å². The van der Waals surface area contributed by atoms with Crippen LogP contribution in [0.2, 0.25) is 0 Å². The molecule has 0 spiro atoms. The highest BCUT2D eigenvalue weighted by Crippen LogP contribution is 2.23. The Morgan fingerprint density at radius 1 is 1.33 bits per heavy atom. The first-order valence-corrected chi connectivity index (χ1v) is 8.68. The number of hydrogen-bond donors (Lipinski definition) is 2. The molecule has 1 fully saturated rings. The summed E-state index contributed by atoms with van der Waals surface area (Å²) >= 11 is 0.